The van der Waals surface area contributed by atoms with E-state index in [9.17, 15) is 4.79 Å². The predicted octanol–water partition coefficient (Wildman–Crippen LogP) is 1.89. The Labute approximate surface area is 107 Å². The maximum atomic E-state index is 12.2. The van der Waals surface area contributed by atoms with Crippen LogP contribution in [0.5, 0.6) is 5.75 Å². The van der Waals surface area contributed by atoms with Gasteiger partial charge in [0.25, 0.3) is 5.91 Å². The number of carbonyl (C=O) groups is 1. The van der Waals surface area contributed by atoms with Crippen molar-refractivity contribution in [3.63, 3.8) is 0 Å². The van der Waals surface area contributed by atoms with Gasteiger partial charge in [0.2, 0.25) is 0 Å². The highest BCUT2D eigenvalue weighted by atomic mass is 16.5. The number of likely N-dealkylation sites (N-methyl/N-ethyl adjacent to an activating group) is 1. The van der Waals surface area contributed by atoms with Crippen LogP contribution < -0.4 is 10.1 Å². The van der Waals surface area contributed by atoms with E-state index in [0.717, 1.165) is 17.0 Å². The van der Waals surface area contributed by atoms with Crippen molar-refractivity contribution in [2.45, 2.75) is 13.0 Å². The van der Waals surface area contributed by atoms with Crippen LogP contribution in [0.1, 0.15) is 6.92 Å². The maximum Gasteiger partial charge on any atom is 0.265 e. The standard InChI is InChI=1S/C14H18N2O2/c1-10(2)9-16(3)14(17)13-8-15-11-6-4-5-7-12(11)18-13/h4-7,13,15H,1,8-9H2,2-3H3. The first-order valence-corrected chi connectivity index (χ1v) is 5.97. The smallest absolute Gasteiger partial charge is 0.265 e. The Kier molecular flexibility index (Phi) is 3.55. The SMILES string of the molecule is C=C(C)CN(C)C(=O)C1CNc2ccccc2O1. The van der Waals surface area contributed by atoms with Gasteiger partial charge in [-0.2, -0.15) is 0 Å². The number of hydrogen-bond acceptors (Lipinski definition) is 3. The highest BCUT2D eigenvalue weighted by molar-refractivity contribution is 5.83. The highest BCUT2D eigenvalue weighted by Crippen LogP contribution is 2.28. The van der Waals surface area contributed by atoms with Gasteiger partial charge in [-0.1, -0.05) is 24.3 Å². The van der Waals surface area contributed by atoms with Gasteiger partial charge in [0, 0.05) is 13.6 Å². The molecule has 1 aliphatic rings. The van der Waals surface area contributed by atoms with Gasteiger partial charge in [0.1, 0.15) is 5.75 Å². The van der Waals surface area contributed by atoms with Crippen LogP contribution in [0, 0.1) is 0 Å². The van der Waals surface area contributed by atoms with Crippen LogP contribution in [-0.2, 0) is 4.79 Å². The van der Waals surface area contributed by atoms with Crippen LogP contribution in [0.4, 0.5) is 5.69 Å². The molecule has 1 atom stereocenters. The molecule has 1 unspecified atom stereocenters. The summed E-state index contributed by atoms with van der Waals surface area (Å²) in [4.78, 5) is 13.8. The second-order valence-corrected chi connectivity index (χ2v) is 4.63. The Bertz CT molecular complexity index is 471. The van der Waals surface area contributed by atoms with E-state index in [1.165, 1.54) is 0 Å². The number of amides is 1. The van der Waals surface area contributed by atoms with Gasteiger partial charge in [-0.05, 0) is 19.1 Å². The lowest BCUT2D eigenvalue weighted by Gasteiger charge is -2.29. The van der Waals surface area contributed by atoms with E-state index in [1.54, 1.807) is 11.9 Å². The number of hydrogen-bond donors (Lipinski definition) is 1. The van der Waals surface area contributed by atoms with Crippen LogP contribution in [0.2, 0.25) is 0 Å². The molecule has 2 rings (SSSR count). The van der Waals surface area contributed by atoms with E-state index in [2.05, 4.69) is 11.9 Å². The summed E-state index contributed by atoms with van der Waals surface area (Å²) in [6.07, 6.45) is -0.468. The average molecular weight is 246 g/mol. The van der Waals surface area contributed by atoms with Crippen molar-refractivity contribution in [2.24, 2.45) is 0 Å². The Balaban J connectivity index is 2.04. The summed E-state index contributed by atoms with van der Waals surface area (Å²) in [5.41, 5.74) is 1.89. The minimum Gasteiger partial charge on any atom is -0.477 e. The molecule has 0 fully saturated rings. The topological polar surface area (TPSA) is 41.6 Å². The molecular weight excluding hydrogens is 228 g/mol. The van der Waals surface area contributed by atoms with Crippen molar-refractivity contribution in [3.8, 4) is 5.75 Å². The second kappa shape index (κ2) is 5.12. The fourth-order valence-electron chi connectivity index (χ4n) is 1.98. The molecule has 96 valence electrons. The molecule has 1 N–H and O–H groups in total. The quantitative estimate of drug-likeness (QED) is 0.828. The number of fused-ring (bicyclic) bond motifs is 1. The Morgan fingerprint density at radius 3 is 3.00 bits per heavy atom. The lowest BCUT2D eigenvalue weighted by Crippen LogP contribution is -2.45. The van der Waals surface area contributed by atoms with E-state index in [4.69, 9.17) is 4.74 Å². The summed E-state index contributed by atoms with van der Waals surface area (Å²) >= 11 is 0. The van der Waals surface area contributed by atoms with Crippen LogP contribution in [0.25, 0.3) is 0 Å². The fourth-order valence-corrected chi connectivity index (χ4v) is 1.98. The van der Waals surface area contributed by atoms with Crippen LogP contribution >= 0.6 is 0 Å². The van der Waals surface area contributed by atoms with Gasteiger partial charge in [-0.3, -0.25) is 4.79 Å². The second-order valence-electron chi connectivity index (χ2n) is 4.63. The third-order valence-electron chi connectivity index (χ3n) is 2.79. The highest BCUT2D eigenvalue weighted by Gasteiger charge is 2.27. The Morgan fingerprint density at radius 2 is 2.28 bits per heavy atom. The third-order valence-corrected chi connectivity index (χ3v) is 2.79. The van der Waals surface area contributed by atoms with Crippen LogP contribution in [0.3, 0.4) is 0 Å². The predicted molar refractivity (Wildman–Crippen MR) is 71.8 cm³/mol. The molecule has 1 aliphatic heterocycles. The molecule has 1 aromatic rings. The number of benzene rings is 1. The van der Waals surface area contributed by atoms with Gasteiger partial charge < -0.3 is 15.0 Å². The molecule has 1 amide bonds. The number of nitrogens with zero attached hydrogens (tertiary/aromatic N) is 1. The van der Waals surface area contributed by atoms with E-state index in [1.807, 2.05) is 31.2 Å². The summed E-state index contributed by atoms with van der Waals surface area (Å²) < 4.78 is 5.71. The first-order chi connectivity index (χ1) is 8.58. The molecule has 0 saturated heterocycles. The first-order valence-electron chi connectivity index (χ1n) is 5.97. The number of para-hydroxylation sites is 2. The first kappa shape index (κ1) is 12.5. The summed E-state index contributed by atoms with van der Waals surface area (Å²) in [6.45, 7) is 6.76. The summed E-state index contributed by atoms with van der Waals surface area (Å²) in [6, 6.07) is 7.63. The van der Waals surface area contributed by atoms with Crippen molar-refractivity contribution >= 4 is 11.6 Å². The average Bonchev–Trinajstić information content (AvgIpc) is 2.36. The molecule has 1 aromatic carbocycles. The molecule has 0 bridgehead atoms. The molecule has 4 heteroatoms. The van der Waals surface area contributed by atoms with Crippen molar-refractivity contribution in [3.05, 3.63) is 36.4 Å². The number of carbonyl (C=O) groups excluding carboxylic acids is 1. The van der Waals surface area contributed by atoms with Crippen LogP contribution in [0.15, 0.2) is 36.4 Å². The molecule has 0 saturated carbocycles. The van der Waals surface area contributed by atoms with E-state index in [-0.39, 0.29) is 5.91 Å². The molecular formula is C14H18N2O2. The van der Waals surface area contributed by atoms with Gasteiger partial charge >= 0.3 is 0 Å². The number of anilines is 1. The summed E-state index contributed by atoms with van der Waals surface area (Å²) in [5.74, 6) is 0.700. The Hall–Kier alpha value is -1.97. The summed E-state index contributed by atoms with van der Waals surface area (Å²) in [5, 5.41) is 3.21. The van der Waals surface area contributed by atoms with E-state index < -0.39 is 6.10 Å². The molecule has 0 aliphatic carbocycles. The minimum atomic E-state index is -0.468. The van der Waals surface area contributed by atoms with Gasteiger partial charge in [0.15, 0.2) is 6.10 Å². The van der Waals surface area contributed by atoms with Crippen molar-refractivity contribution in [1.82, 2.24) is 4.90 Å². The lowest BCUT2D eigenvalue weighted by atomic mass is 10.2. The van der Waals surface area contributed by atoms with Crippen molar-refractivity contribution in [2.75, 3.05) is 25.5 Å². The molecule has 0 radical (unpaired) electrons. The lowest BCUT2D eigenvalue weighted by molar-refractivity contribution is -0.136. The largest absolute Gasteiger partial charge is 0.477 e. The molecule has 4 nitrogen and oxygen atoms in total. The van der Waals surface area contributed by atoms with Gasteiger partial charge in [-0.25, -0.2) is 0 Å². The minimum absolute atomic E-state index is 0.0278. The zero-order chi connectivity index (χ0) is 13.1. The maximum absolute atomic E-state index is 12.2. The van der Waals surface area contributed by atoms with Gasteiger partial charge in [-0.15, -0.1) is 0 Å². The van der Waals surface area contributed by atoms with Crippen molar-refractivity contribution < 1.29 is 9.53 Å². The molecule has 1 heterocycles. The third kappa shape index (κ3) is 2.64. The van der Waals surface area contributed by atoms with Crippen LogP contribution in [-0.4, -0.2) is 37.0 Å². The molecule has 18 heavy (non-hydrogen) atoms. The van der Waals surface area contributed by atoms with Gasteiger partial charge in [0.05, 0.1) is 12.2 Å². The summed E-state index contributed by atoms with van der Waals surface area (Å²) in [7, 11) is 1.76. The number of rotatable bonds is 3. The van der Waals surface area contributed by atoms with E-state index >= 15 is 0 Å². The number of nitrogens with one attached hydrogen (secondary N) is 1. The monoisotopic (exact) mass is 246 g/mol. The number of ether oxygens (including phenoxy) is 1. The fraction of sp³-hybridized carbons (Fsp3) is 0.357. The molecule has 0 spiro atoms. The zero-order valence-electron chi connectivity index (χ0n) is 10.8. The zero-order valence-corrected chi connectivity index (χ0v) is 10.8. The normalized spacial score (nSPS) is 17.1. The molecule has 0 aromatic heterocycles. The van der Waals surface area contributed by atoms with E-state index in [0.29, 0.717) is 13.1 Å². The van der Waals surface area contributed by atoms with Crippen molar-refractivity contribution in [1.29, 1.82) is 0 Å². The Morgan fingerprint density at radius 1 is 1.56 bits per heavy atom.